The maximum Gasteiger partial charge on any atom is 0.0389 e. The molecule has 3 N–H and O–H groups in total. The largest absolute Gasteiger partial charge is 0.360 e. The van der Waals surface area contributed by atoms with Crippen LogP contribution in [-0.4, -0.2) is 16.9 Å². The smallest absolute Gasteiger partial charge is 0.0389 e. The molecule has 0 unspecified atom stereocenters. The molecule has 0 aromatic carbocycles. The Kier molecular flexibility index (Phi) is 1.73. The molecule has 1 aliphatic carbocycles. The third-order valence-electron chi connectivity index (χ3n) is 3.39. The summed E-state index contributed by atoms with van der Waals surface area (Å²) in [6, 6.07) is 0. The quantitative estimate of drug-likeness (QED) is 0.740. The molecular weight excluding hydrogens is 174 g/mol. The fourth-order valence-corrected chi connectivity index (χ4v) is 2.53. The second-order valence-electron chi connectivity index (χ2n) is 4.63. The van der Waals surface area contributed by atoms with E-state index in [2.05, 4.69) is 16.9 Å². The average Bonchev–Trinajstić information content (AvgIpc) is 2.85. The number of hydrogen-bond acceptors (Lipinski definition) is 2. The minimum absolute atomic E-state index is 0.700. The number of rotatable bonds is 2. The number of nitrogens with one attached hydrogen (secondary N) is 1. The van der Waals surface area contributed by atoms with E-state index in [-0.39, 0.29) is 0 Å². The summed E-state index contributed by atoms with van der Waals surface area (Å²) in [4.78, 5) is 5.91. The van der Waals surface area contributed by atoms with Crippen LogP contribution in [0.15, 0.2) is 0 Å². The Bertz CT molecular complexity index is 363. The highest BCUT2D eigenvalue weighted by molar-refractivity contribution is 5.42. The Labute approximate surface area is 84.3 Å². The SMILES string of the molecule is CN1Cc2[nH]c(C3CC3)c(CN)c2C1. The van der Waals surface area contributed by atoms with Crippen molar-refractivity contribution < 1.29 is 0 Å². The molecule has 0 spiro atoms. The Balaban J connectivity index is 2.04. The number of H-pyrrole nitrogens is 1. The molecule has 3 nitrogen and oxygen atoms in total. The molecule has 1 saturated carbocycles. The summed E-state index contributed by atoms with van der Waals surface area (Å²) >= 11 is 0. The Morgan fingerprint density at radius 3 is 2.86 bits per heavy atom. The van der Waals surface area contributed by atoms with Gasteiger partial charge < -0.3 is 10.7 Å². The summed E-state index contributed by atoms with van der Waals surface area (Å²) < 4.78 is 0. The summed E-state index contributed by atoms with van der Waals surface area (Å²) in [5, 5.41) is 0. The number of nitrogens with zero attached hydrogens (tertiary/aromatic N) is 1. The van der Waals surface area contributed by atoms with Crippen LogP contribution >= 0.6 is 0 Å². The predicted molar refractivity (Wildman–Crippen MR) is 55.8 cm³/mol. The zero-order chi connectivity index (χ0) is 9.71. The standard InChI is InChI=1S/C11H17N3/c1-14-5-9-8(4-12)11(7-2-3-7)13-10(9)6-14/h7,13H,2-6,12H2,1H3. The van der Waals surface area contributed by atoms with E-state index in [1.807, 2.05) is 0 Å². The van der Waals surface area contributed by atoms with Gasteiger partial charge in [0.05, 0.1) is 0 Å². The van der Waals surface area contributed by atoms with Crippen LogP contribution in [0.1, 0.15) is 41.3 Å². The fraction of sp³-hybridized carbons (Fsp3) is 0.636. The predicted octanol–water partition coefficient (Wildman–Crippen LogP) is 1.30. The molecule has 1 aliphatic heterocycles. The normalized spacial score (nSPS) is 21.6. The Morgan fingerprint density at radius 2 is 2.21 bits per heavy atom. The van der Waals surface area contributed by atoms with Crippen LogP contribution in [0.2, 0.25) is 0 Å². The van der Waals surface area contributed by atoms with Crippen molar-refractivity contribution in [2.24, 2.45) is 5.73 Å². The molecule has 0 bridgehead atoms. The third-order valence-corrected chi connectivity index (χ3v) is 3.39. The zero-order valence-electron chi connectivity index (χ0n) is 8.64. The molecule has 0 atom stereocenters. The lowest BCUT2D eigenvalue weighted by Gasteiger charge is -2.08. The molecule has 3 heteroatoms. The Hall–Kier alpha value is -0.800. The van der Waals surface area contributed by atoms with Crippen LogP contribution in [0.3, 0.4) is 0 Å². The van der Waals surface area contributed by atoms with Crippen LogP contribution < -0.4 is 5.73 Å². The molecule has 0 radical (unpaired) electrons. The second-order valence-corrected chi connectivity index (χ2v) is 4.63. The average molecular weight is 191 g/mol. The minimum atomic E-state index is 0.700. The molecular formula is C11H17N3. The van der Waals surface area contributed by atoms with E-state index in [0.29, 0.717) is 6.54 Å². The van der Waals surface area contributed by atoms with E-state index in [1.54, 1.807) is 0 Å². The fourth-order valence-electron chi connectivity index (χ4n) is 2.53. The van der Waals surface area contributed by atoms with Gasteiger partial charge in [-0.15, -0.1) is 0 Å². The lowest BCUT2D eigenvalue weighted by molar-refractivity contribution is 0.349. The number of hydrogen-bond donors (Lipinski definition) is 2. The first-order valence-electron chi connectivity index (χ1n) is 5.40. The number of aromatic amines is 1. The summed E-state index contributed by atoms with van der Waals surface area (Å²) in [6.45, 7) is 2.84. The molecule has 1 fully saturated rings. The molecule has 76 valence electrons. The Morgan fingerprint density at radius 1 is 1.43 bits per heavy atom. The van der Waals surface area contributed by atoms with Crippen molar-refractivity contribution in [3.05, 3.63) is 22.5 Å². The minimum Gasteiger partial charge on any atom is -0.360 e. The number of fused-ring (bicyclic) bond motifs is 1. The van der Waals surface area contributed by atoms with Crippen molar-refractivity contribution in [2.45, 2.75) is 38.4 Å². The highest BCUT2D eigenvalue weighted by Crippen LogP contribution is 2.43. The van der Waals surface area contributed by atoms with Crippen LogP contribution in [-0.2, 0) is 19.6 Å². The van der Waals surface area contributed by atoms with Gasteiger partial charge in [0.1, 0.15) is 0 Å². The molecule has 1 aromatic rings. The van der Waals surface area contributed by atoms with E-state index in [0.717, 1.165) is 19.0 Å². The highest BCUT2D eigenvalue weighted by atomic mass is 15.1. The first-order valence-corrected chi connectivity index (χ1v) is 5.40. The summed E-state index contributed by atoms with van der Waals surface area (Å²) in [6.07, 6.45) is 2.70. The van der Waals surface area contributed by atoms with Gasteiger partial charge in [-0.3, -0.25) is 4.90 Å². The number of aromatic nitrogens is 1. The second kappa shape index (κ2) is 2.84. The maximum atomic E-state index is 5.84. The summed E-state index contributed by atoms with van der Waals surface area (Å²) in [5.41, 5.74) is 11.6. The highest BCUT2D eigenvalue weighted by Gasteiger charge is 2.32. The molecule has 1 aromatic heterocycles. The van der Waals surface area contributed by atoms with Gasteiger partial charge in [0, 0.05) is 31.0 Å². The van der Waals surface area contributed by atoms with Gasteiger partial charge in [-0.1, -0.05) is 0 Å². The van der Waals surface area contributed by atoms with Crippen molar-refractivity contribution in [3.63, 3.8) is 0 Å². The van der Waals surface area contributed by atoms with Crippen molar-refractivity contribution in [1.29, 1.82) is 0 Å². The van der Waals surface area contributed by atoms with Crippen molar-refractivity contribution >= 4 is 0 Å². The molecule has 0 saturated heterocycles. The molecule has 0 amide bonds. The van der Waals surface area contributed by atoms with Gasteiger partial charge >= 0.3 is 0 Å². The van der Waals surface area contributed by atoms with Crippen molar-refractivity contribution in [3.8, 4) is 0 Å². The number of nitrogens with two attached hydrogens (primary N) is 1. The van der Waals surface area contributed by atoms with E-state index in [4.69, 9.17) is 5.73 Å². The summed E-state index contributed by atoms with van der Waals surface area (Å²) in [5.74, 6) is 0.796. The summed E-state index contributed by atoms with van der Waals surface area (Å²) in [7, 11) is 2.16. The lowest BCUT2D eigenvalue weighted by atomic mass is 10.1. The lowest BCUT2D eigenvalue weighted by Crippen LogP contribution is -2.11. The van der Waals surface area contributed by atoms with Crippen LogP contribution in [0, 0.1) is 0 Å². The van der Waals surface area contributed by atoms with Gasteiger partial charge in [-0.25, -0.2) is 0 Å². The van der Waals surface area contributed by atoms with Gasteiger partial charge in [-0.05, 0) is 36.9 Å². The van der Waals surface area contributed by atoms with Crippen molar-refractivity contribution in [1.82, 2.24) is 9.88 Å². The monoisotopic (exact) mass is 191 g/mol. The maximum absolute atomic E-state index is 5.84. The van der Waals surface area contributed by atoms with Crippen molar-refractivity contribution in [2.75, 3.05) is 7.05 Å². The van der Waals surface area contributed by atoms with Crippen LogP contribution in [0.25, 0.3) is 0 Å². The third kappa shape index (κ3) is 1.12. The van der Waals surface area contributed by atoms with Gasteiger partial charge in [0.15, 0.2) is 0 Å². The molecule has 14 heavy (non-hydrogen) atoms. The first-order chi connectivity index (χ1) is 6.79. The molecule has 2 heterocycles. The van der Waals surface area contributed by atoms with E-state index in [1.165, 1.54) is 35.4 Å². The van der Waals surface area contributed by atoms with E-state index in [9.17, 15) is 0 Å². The topological polar surface area (TPSA) is 45.0 Å². The molecule has 3 rings (SSSR count). The van der Waals surface area contributed by atoms with Crippen LogP contribution in [0.5, 0.6) is 0 Å². The van der Waals surface area contributed by atoms with E-state index < -0.39 is 0 Å². The van der Waals surface area contributed by atoms with Crippen LogP contribution in [0.4, 0.5) is 0 Å². The van der Waals surface area contributed by atoms with Gasteiger partial charge in [0.2, 0.25) is 0 Å². The first kappa shape index (κ1) is 8.50. The molecule has 2 aliphatic rings. The van der Waals surface area contributed by atoms with E-state index >= 15 is 0 Å². The zero-order valence-corrected chi connectivity index (χ0v) is 8.64. The van der Waals surface area contributed by atoms with Gasteiger partial charge in [0.25, 0.3) is 0 Å². The van der Waals surface area contributed by atoms with Gasteiger partial charge in [-0.2, -0.15) is 0 Å².